The van der Waals surface area contributed by atoms with Crippen LogP contribution in [0.4, 0.5) is 0 Å². The van der Waals surface area contributed by atoms with E-state index in [9.17, 15) is 9.59 Å². The maximum atomic E-state index is 11.6. The highest BCUT2D eigenvalue weighted by Gasteiger charge is 2.18. The lowest BCUT2D eigenvalue weighted by molar-refractivity contribution is -0.118. The summed E-state index contributed by atoms with van der Waals surface area (Å²) >= 11 is 1.45. The van der Waals surface area contributed by atoms with Crippen molar-refractivity contribution in [1.82, 2.24) is 0 Å². The molecule has 0 amide bonds. The number of carbonyl (C=O) groups excluding carboxylic acids is 2. The first-order chi connectivity index (χ1) is 7.49. The molecule has 0 spiro atoms. The summed E-state index contributed by atoms with van der Waals surface area (Å²) in [6.07, 6.45) is 1.18. The molecule has 0 aliphatic carbocycles. The average molecular weight is 258 g/mol. The second kappa shape index (κ2) is 6.58. The molecule has 0 saturated heterocycles. The van der Waals surface area contributed by atoms with Crippen LogP contribution in [-0.2, 0) is 9.59 Å². The van der Waals surface area contributed by atoms with Crippen molar-refractivity contribution >= 4 is 23.3 Å². The molecule has 0 fully saturated rings. The minimum absolute atomic E-state index is 0.0487. The lowest BCUT2D eigenvalue weighted by Gasteiger charge is -2.17. The second-order valence-electron chi connectivity index (χ2n) is 7.05. The fourth-order valence-corrected chi connectivity index (χ4v) is 2.33. The Balaban J connectivity index is 3.78. The molecule has 0 rings (SSSR count). The predicted octanol–water partition coefficient (Wildman–Crippen LogP) is 3.73. The fraction of sp³-hybridized carbons (Fsp3) is 0.857. The minimum Gasteiger partial charge on any atom is -0.299 e. The van der Waals surface area contributed by atoms with Gasteiger partial charge in [-0.1, -0.05) is 41.5 Å². The summed E-state index contributed by atoms with van der Waals surface area (Å²) < 4.78 is 0. The minimum atomic E-state index is 0.0487. The third-order valence-corrected chi connectivity index (χ3v) is 3.03. The summed E-state index contributed by atoms with van der Waals surface area (Å²) in [7, 11) is 0. The molecule has 0 aliphatic rings. The summed E-state index contributed by atoms with van der Waals surface area (Å²) in [5.41, 5.74) is 0.0973. The van der Waals surface area contributed by atoms with Crippen molar-refractivity contribution in [3.05, 3.63) is 0 Å². The van der Waals surface area contributed by atoms with Crippen molar-refractivity contribution in [3.63, 3.8) is 0 Å². The highest BCUT2D eigenvalue weighted by molar-refractivity contribution is 8.00. The van der Waals surface area contributed by atoms with E-state index in [1.165, 1.54) is 11.8 Å². The Kier molecular flexibility index (Phi) is 6.46. The van der Waals surface area contributed by atoms with Crippen LogP contribution in [0.1, 0.15) is 54.4 Å². The number of hydrogen-bond donors (Lipinski definition) is 0. The quantitative estimate of drug-likeness (QED) is 0.728. The molecule has 100 valence electrons. The third-order valence-electron chi connectivity index (χ3n) is 1.98. The van der Waals surface area contributed by atoms with Crippen molar-refractivity contribution in [2.75, 3.05) is 11.5 Å². The van der Waals surface area contributed by atoms with E-state index in [2.05, 4.69) is 41.5 Å². The van der Waals surface area contributed by atoms with Gasteiger partial charge in [0, 0.05) is 12.8 Å². The van der Waals surface area contributed by atoms with Gasteiger partial charge in [0.05, 0.1) is 11.5 Å². The number of thioether (sulfide) groups is 1. The SMILES string of the molecule is CC(C)(C)CC(=O)CSCC(=O)CC(C)(C)C. The first-order valence-electron chi connectivity index (χ1n) is 6.11. The molecule has 0 saturated carbocycles. The number of ketones is 2. The highest BCUT2D eigenvalue weighted by Crippen LogP contribution is 2.22. The van der Waals surface area contributed by atoms with Crippen molar-refractivity contribution in [3.8, 4) is 0 Å². The maximum Gasteiger partial charge on any atom is 0.143 e. The summed E-state index contributed by atoms with van der Waals surface area (Å²) in [6.45, 7) is 12.3. The molecule has 0 aromatic carbocycles. The fourth-order valence-electron chi connectivity index (χ4n) is 1.56. The van der Waals surface area contributed by atoms with Crippen molar-refractivity contribution < 1.29 is 9.59 Å². The molecule has 0 radical (unpaired) electrons. The highest BCUT2D eigenvalue weighted by atomic mass is 32.2. The molecular weight excluding hydrogens is 232 g/mol. The Morgan fingerprint density at radius 2 is 1.06 bits per heavy atom. The summed E-state index contributed by atoms with van der Waals surface area (Å²) in [5, 5.41) is 0. The molecule has 2 nitrogen and oxygen atoms in total. The lowest BCUT2D eigenvalue weighted by Crippen LogP contribution is -2.17. The van der Waals surface area contributed by atoms with Gasteiger partial charge >= 0.3 is 0 Å². The monoisotopic (exact) mass is 258 g/mol. The van der Waals surface area contributed by atoms with Gasteiger partial charge in [-0.05, 0) is 10.8 Å². The van der Waals surface area contributed by atoms with E-state index in [-0.39, 0.29) is 22.4 Å². The summed E-state index contributed by atoms with van der Waals surface area (Å²) in [5.74, 6) is 1.41. The zero-order valence-corrected chi connectivity index (χ0v) is 12.9. The number of hydrogen-bond acceptors (Lipinski definition) is 3. The third kappa shape index (κ3) is 11.9. The lowest BCUT2D eigenvalue weighted by atomic mass is 9.90. The molecule has 3 heteroatoms. The Morgan fingerprint density at radius 1 is 0.765 bits per heavy atom. The smallest absolute Gasteiger partial charge is 0.143 e. The van der Waals surface area contributed by atoms with Crippen LogP contribution in [0.3, 0.4) is 0 Å². The predicted molar refractivity (Wildman–Crippen MR) is 75.5 cm³/mol. The molecule has 17 heavy (non-hydrogen) atoms. The van der Waals surface area contributed by atoms with Gasteiger partial charge in [-0.3, -0.25) is 9.59 Å². The Morgan fingerprint density at radius 3 is 1.29 bits per heavy atom. The van der Waals surface area contributed by atoms with E-state index in [0.29, 0.717) is 24.3 Å². The van der Waals surface area contributed by atoms with Gasteiger partial charge in [0.15, 0.2) is 0 Å². The molecule has 0 aromatic heterocycles. The average Bonchev–Trinajstić information content (AvgIpc) is 1.95. The first kappa shape index (κ1) is 16.7. The van der Waals surface area contributed by atoms with E-state index < -0.39 is 0 Å². The summed E-state index contributed by atoms with van der Waals surface area (Å²) in [4.78, 5) is 23.2. The van der Waals surface area contributed by atoms with E-state index in [4.69, 9.17) is 0 Å². The topological polar surface area (TPSA) is 34.1 Å². The second-order valence-corrected chi connectivity index (χ2v) is 8.03. The molecule has 0 bridgehead atoms. The van der Waals surface area contributed by atoms with Crippen LogP contribution in [0.2, 0.25) is 0 Å². The van der Waals surface area contributed by atoms with Crippen LogP contribution >= 0.6 is 11.8 Å². The van der Waals surface area contributed by atoms with Crippen LogP contribution in [-0.4, -0.2) is 23.1 Å². The molecule has 0 atom stereocenters. The number of Topliss-reactive ketones (excluding diaryl/α,β-unsaturated/α-hetero) is 2. The van der Waals surface area contributed by atoms with Gasteiger partial charge in [0.1, 0.15) is 11.6 Å². The first-order valence-corrected chi connectivity index (χ1v) is 7.26. The van der Waals surface area contributed by atoms with Gasteiger partial charge in [0.2, 0.25) is 0 Å². The van der Waals surface area contributed by atoms with E-state index in [1.54, 1.807) is 0 Å². The zero-order valence-electron chi connectivity index (χ0n) is 12.1. The van der Waals surface area contributed by atoms with Gasteiger partial charge < -0.3 is 0 Å². The van der Waals surface area contributed by atoms with Crippen LogP contribution in [0.25, 0.3) is 0 Å². The van der Waals surface area contributed by atoms with Crippen molar-refractivity contribution in [2.45, 2.75) is 54.4 Å². The van der Waals surface area contributed by atoms with Gasteiger partial charge in [-0.2, -0.15) is 0 Å². The van der Waals surface area contributed by atoms with Crippen molar-refractivity contribution in [2.24, 2.45) is 10.8 Å². The van der Waals surface area contributed by atoms with Gasteiger partial charge in [-0.15, -0.1) is 11.8 Å². The zero-order chi connectivity index (χ0) is 13.7. The van der Waals surface area contributed by atoms with Gasteiger partial charge in [-0.25, -0.2) is 0 Å². The van der Waals surface area contributed by atoms with Crippen LogP contribution < -0.4 is 0 Å². The largest absolute Gasteiger partial charge is 0.299 e. The van der Waals surface area contributed by atoms with Crippen LogP contribution in [0.15, 0.2) is 0 Å². The Labute approximate surface area is 110 Å². The molecular formula is C14H26O2S. The number of carbonyl (C=O) groups is 2. The molecule has 0 N–H and O–H groups in total. The van der Waals surface area contributed by atoms with E-state index in [0.717, 1.165) is 0 Å². The van der Waals surface area contributed by atoms with Gasteiger partial charge in [0.25, 0.3) is 0 Å². The van der Waals surface area contributed by atoms with E-state index in [1.807, 2.05) is 0 Å². The molecule has 0 aliphatic heterocycles. The normalized spacial score (nSPS) is 12.6. The molecule has 0 aromatic rings. The van der Waals surface area contributed by atoms with Crippen molar-refractivity contribution in [1.29, 1.82) is 0 Å². The maximum absolute atomic E-state index is 11.6. The number of rotatable bonds is 6. The Bertz CT molecular complexity index is 241. The Hall–Kier alpha value is -0.310. The van der Waals surface area contributed by atoms with Crippen LogP contribution in [0.5, 0.6) is 0 Å². The molecule has 0 heterocycles. The van der Waals surface area contributed by atoms with E-state index >= 15 is 0 Å². The molecule has 0 unspecified atom stereocenters. The standard InChI is InChI=1S/C14H26O2S/c1-13(2,3)7-11(15)9-17-10-12(16)8-14(4,5)6/h7-10H2,1-6H3. The summed E-state index contributed by atoms with van der Waals surface area (Å²) in [6, 6.07) is 0. The van der Waals surface area contributed by atoms with Crippen LogP contribution in [0, 0.1) is 10.8 Å².